The number of halogens is 1. The van der Waals surface area contributed by atoms with Crippen LogP contribution in [0.25, 0.3) is 0 Å². The van der Waals surface area contributed by atoms with Crippen LogP contribution in [0.15, 0.2) is 27.6 Å². The van der Waals surface area contributed by atoms with Crippen molar-refractivity contribution in [2.24, 2.45) is 5.14 Å². The molecule has 3 rings (SSSR count). The molecule has 1 heterocycles. The van der Waals surface area contributed by atoms with Gasteiger partial charge < -0.3 is 9.42 Å². The lowest BCUT2D eigenvalue weighted by Crippen LogP contribution is -2.30. The maximum absolute atomic E-state index is 13.9. The zero-order valence-electron chi connectivity index (χ0n) is 13.5. The number of carbonyl (C=O) groups is 1. The Morgan fingerprint density at radius 1 is 1.44 bits per heavy atom. The van der Waals surface area contributed by atoms with Gasteiger partial charge >= 0.3 is 0 Å². The summed E-state index contributed by atoms with van der Waals surface area (Å²) in [5.74, 6) is -0.0550. The highest BCUT2D eigenvalue weighted by Gasteiger charge is 2.29. The van der Waals surface area contributed by atoms with Crippen LogP contribution in [0.1, 0.15) is 40.8 Å². The fourth-order valence-electron chi connectivity index (χ4n) is 2.29. The predicted molar refractivity (Wildman–Crippen MR) is 84.7 cm³/mol. The van der Waals surface area contributed by atoms with Gasteiger partial charge in [-0.2, -0.15) is 4.98 Å². The van der Waals surface area contributed by atoms with Gasteiger partial charge in [0.05, 0.1) is 10.5 Å². The topological polar surface area (TPSA) is 119 Å². The first-order valence-electron chi connectivity index (χ1n) is 7.66. The Hall–Kier alpha value is -2.33. The third-order valence-electron chi connectivity index (χ3n) is 3.92. The molecule has 1 aliphatic carbocycles. The largest absolute Gasteiger partial charge is 0.341 e. The van der Waals surface area contributed by atoms with Crippen LogP contribution in [-0.2, 0) is 16.4 Å². The predicted octanol–water partition coefficient (Wildman–Crippen LogP) is 1.05. The van der Waals surface area contributed by atoms with Gasteiger partial charge in [-0.15, -0.1) is 0 Å². The van der Waals surface area contributed by atoms with E-state index < -0.39 is 21.7 Å². The zero-order chi connectivity index (χ0) is 18.2. The summed E-state index contributed by atoms with van der Waals surface area (Å²) in [5, 5.41) is 8.87. The maximum atomic E-state index is 13.9. The highest BCUT2D eigenvalue weighted by molar-refractivity contribution is 7.89. The van der Waals surface area contributed by atoms with Crippen LogP contribution in [-0.4, -0.2) is 43.0 Å². The standard InChI is InChI=1S/C15H17FN4O4S/c1-20(7-6-13-18-14(24-19-13)9-2-3-9)15(21)11-8-10(25(17,22)23)4-5-12(11)16/h4-5,8-9H,2-3,6-7H2,1H3,(H2,17,22,23). The van der Waals surface area contributed by atoms with E-state index in [4.69, 9.17) is 9.66 Å². The minimum Gasteiger partial charge on any atom is -0.341 e. The van der Waals surface area contributed by atoms with Crippen LogP contribution in [0, 0.1) is 5.82 Å². The molecule has 1 fully saturated rings. The second-order valence-corrected chi connectivity index (χ2v) is 7.55. The summed E-state index contributed by atoms with van der Waals surface area (Å²) in [6, 6.07) is 2.85. The number of hydrogen-bond donors (Lipinski definition) is 1. The van der Waals surface area contributed by atoms with E-state index in [0.717, 1.165) is 31.0 Å². The van der Waals surface area contributed by atoms with Crippen molar-refractivity contribution in [2.45, 2.75) is 30.1 Å². The van der Waals surface area contributed by atoms with E-state index in [1.165, 1.54) is 11.9 Å². The Kier molecular flexibility index (Phi) is 4.56. The summed E-state index contributed by atoms with van der Waals surface area (Å²) in [6.07, 6.45) is 2.42. The van der Waals surface area contributed by atoms with Gasteiger partial charge in [0.1, 0.15) is 5.82 Å². The number of amides is 1. The molecule has 0 saturated heterocycles. The number of rotatable bonds is 6. The number of carbonyl (C=O) groups excluding carboxylic acids is 1. The van der Waals surface area contributed by atoms with E-state index >= 15 is 0 Å². The summed E-state index contributed by atoms with van der Waals surface area (Å²) in [5.41, 5.74) is -0.360. The number of aromatic nitrogens is 2. The van der Waals surface area contributed by atoms with Gasteiger partial charge in [0.15, 0.2) is 5.82 Å². The Balaban J connectivity index is 1.69. The second kappa shape index (κ2) is 6.52. The van der Waals surface area contributed by atoms with Crippen LogP contribution in [0.5, 0.6) is 0 Å². The van der Waals surface area contributed by atoms with Crippen molar-refractivity contribution in [2.75, 3.05) is 13.6 Å². The molecule has 0 bridgehead atoms. The van der Waals surface area contributed by atoms with Crippen LogP contribution in [0.3, 0.4) is 0 Å². The molecule has 0 unspecified atom stereocenters. The van der Waals surface area contributed by atoms with Crippen molar-refractivity contribution >= 4 is 15.9 Å². The lowest BCUT2D eigenvalue weighted by atomic mass is 10.2. The minimum atomic E-state index is -4.03. The zero-order valence-corrected chi connectivity index (χ0v) is 14.3. The first kappa shape index (κ1) is 17.5. The molecule has 1 aromatic heterocycles. The number of likely N-dealkylation sites (N-methyl/N-ethyl adjacent to an activating group) is 1. The van der Waals surface area contributed by atoms with Crippen LogP contribution < -0.4 is 5.14 Å². The lowest BCUT2D eigenvalue weighted by Gasteiger charge is -2.17. The third kappa shape index (κ3) is 4.02. The van der Waals surface area contributed by atoms with Gasteiger partial charge in [-0.3, -0.25) is 4.79 Å². The molecular formula is C15H17FN4O4S. The molecule has 0 spiro atoms. The average Bonchev–Trinajstić information content (AvgIpc) is 3.30. The molecule has 2 N–H and O–H groups in total. The number of benzene rings is 1. The van der Waals surface area contributed by atoms with Gasteiger partial charge in [0.2, 0.25) is 15.9 Å². The van der Waals surface area contributed by atoms with E-state index in [9.17, 15) is 17.6 Å². The monoisotopic (exact) mass is 368 g/mol. The quantitative estimate of drug-likeness (QED) is 0.814. The maximum Gasteiger partial charge on any atom is 0.256 e. The van der Waals surface area contributed by atoms with Crippen molar-refractivity contribution < 1.29 is 22.1 Å². The summed E-state index contributed by atoms with van der Waals surface area (Å²) in [7, 11) is -2.55. The molecule has 25 heavy (non-hydrogen) atoms. The third-order valence-corrected chi connectivity index (χ3v) is 4.84. The fraction of sp³-hybridized carbons (Fsp3) is 0.400. The molecule has 0 atom stereocenters. The number of hydrogen-bond acceptors (Lipinski definition) is 6. The Morgan fingerprint density at radius 2 is 2.16 bits per heavy atom. The van der Waals surface area contributed by atoms with Crippen LogP contribution in [0.4, 0.5) is 4.39 Å². The molecule has 8 nitrogen and oxygen atoms in total. The van der Waals surface area contributed by atoms with Crippen molar-refractivity contribution in [3.05, 3.63) is 41.3 Å². The molecule has 1 amide bonds. The van der Waals surface area contributed by atoms with E-state index in [1.54, 1.807) is 0 Å². The van der Waals surface area contributed by atoms with Crippen molar-refractivity contribution in [1.29, 1.82) is 0 Å². The van der Waals surface area contributed by atoms with Gasteiger partial charge in [-0.25, -0.2) is 17.9 Å². The number of primary sulfonamides is 1. The molecule has 134 valence electrons. The highest BCUT2D eigenvalue weighted by atomic mass is 32.2. The number of sulfonamides is 1. The molecule has 10 heteroatoms. The summed E-state index contributed by atoms with van der Waals surface area (Å²) in [4.78, 5) is 17.6. The van der Waals surface area contributed by atoms with Gasteiger partial charge in [0.25, 0.3) is 5.91 Å². The summed E-state index contributed by atoms with van der Waals surface area (Å²) in [6.45, 7) is 0.224. The average molecular weight is 368 g/mol. The highest BCUT2D eigenvalue weighted by Crippen LogP contribution is 2.38. The first-order chi connectivity index (χ1) is 11.8. The Labute approximate surface area is 143 Å². The number of nitrogens with two attached hydrogens (primary N) is 1. The minimum absolute atomic E-state index is 0.224. The lowest BCUT2D eigenvalue weighted by molar-refractivity contribution is 0.0791. The normalized spacial score (nSPS) is 14.5. The molecule has 1 aromatic carbocycles. The van der Waals surface area contributed by atoms with Gasteiger partial charge in [-0.1, -0.05) is 5.16 Å². The number of nitrogens with zero attached hydrogens (tertiary/aromatic N) is 3. The fourth-order valence-corrected chi connectivity index (χ4v) is 2.83. The van der Waals surface area contributed by atoms with Gasteiger partial charge in [-0.05, 0) is 31.0 Å². The van der Waals surface area contributed by atoms with E-state index in [0.29, 0.717) is 24.1 Å². The van der Waals surface area contributed by atoms with Crippen LogP contribution in [0.2, 0.25) is 0 Å². The molecule has 0 radical (unpaired) electrons. The smallest absolute Gasteiger partial charge is 0.256 e. The molecule has 1 aliphatic rings. The van der Waals surface area contributed by atoms with Crippen molar-refractivity contribution in [3.63, 3.8) is 0 Å². The Morgan fingerprint density at radius 3 is 2.80 bits per heavy atom. The van der Waals surface area contributed by atoms with E-state index in [-0.39, 0.29) is 17.0 Å². The first-order valence-corrected chi connectivity index (χ1v) is 9.20. The Bertz CT molecular complexity index is 908. The molecule has 2 aromatic rings. The molecule has 1 saturated carbocycles. The van der Waals surface area contributed by atoms with Crippen molar-refractivity contribution in [1.82, 2.24) is 15.0 Å². The van der Waals surface area contributed by atoms with E-state index in [2.05, 4.69) is 10.1 Å². The summed E-state index contributed by atoms with van der Waals surface area (Å²) < 4.78 is 41.8. The molecular weight excluding hydrogens is 351 g/mol. The van der Waals surface area contributed by atoms with E-state index in [1.807, 2.05) is 0 Å². The van der Waals surface area contributed by atoms with Gasteiger partial charge in [0, 0.05) is 25.9 Å². The summed E-state index contributed by atoms with van der Waals surface area (Å²) >= 11 is 0. The molecule has 0 aliphatic heterocycles. The van der Waals surface area contributed by atoms with Crippen LogP contribution >= 0.6 is 0 Å². The van der Waals surface area contributed by atoms with Crippen molar-refractivity contribution in [3.8, 4) is 0 Å². The second-order valence-electron chi connectivity index (χ2n) is 5.99. The SMILES string of the molecule is CN(CCc1noc(C2CC2)n1)C(=O)c1cc(S(N)(=O)=O)ccc1F.